The Morgan fingerprint density at radius 1 is 1.57 bits per heavy atom. The minimum Gasteiger partial charge on any atom is -0.243 e. The molecule has 2 N–H and O–H groups in total. The summed E-state index contributed by atoms with van der Waals surface area (Å²) in [6.07, 6.45) is 1.23. The lowest BCUT2D eigenvalue weighted by molar-refractivity contribution is 0.265. The van der Waals surface area contributed by atoms with E-state index in [0.29, 0.717) is 0 Å². The van der Waals surface area contributed by atoms with Crippen molar-refractivity contribution >= 4 is 22.9 Å². The fraction of sp³-hybridized carbons (Fsp3) is 1.00. The highest BCUT2D eigenvalue weighted by Crippen LogP contribution is 1.95. The van der Waals surface area contributed by atoms with Gasteiger partial charge in [0.05, 0.1) is 0 Å². The standard InChI is InChI=1S/C3H8IN3/c4-7-3-1-2-5-6-7/h5-6H,1-3H2. The van der Waals surface area contributed by atoms with E-state index in [2.05, 4.69) is 33.8 Å². The molecule has 7 heavy (non-hydrogen) atoms. The van der Waals surface area contributed by atoms with Crippen LogP contribution in [0.1, 0.15) is 6.42 Å². The topological polar surface area (TPSA) is 27.3 Å². The Bertz CT molecular complexity index is 52.1. The number of nitrogens with zero attached hydrogens (tertiary/aromatic N) is 1. The lowest BCUT2D eigenvalue weighted by atomic mass is 10.4. The predicted octanol–water partition coefficient (Wildman–Crippen LogP) is 0.0513. The van der Waals surface area contributed by atoms with Gasteiger partial charge < -0.3 is 0 Å². The van der Waals surface area contributed by atoms with Crippen molar-refractivity contribution < 1.29 is 0 Å². The summed E-state index contributed by atoms with van der Waals surface area (Å²) in [6.45, 7) is 2.22. The van der Waals surface area contributed by atoms with Gasteiger partial charge >= 0.3 is 0 Å². The normalized spacial score (nSPS) is 25.3. The summed E-state index contributed by atoms with van der Waals surface area (Å²) in [5.41, 5.74) is 5.95. The van der Waals surface area contributed by atoms with Crippen molar-refractivity contribution in [1.82, 2.24) is 14.2 Å². The van der Waals surface area contributed by atoms with Crippen molar-refractivity contribution in [2.24, 2.45) is 0 Å². The molecule has 0 aromatic rings. The first-order chi connectivity index (χ1) is 3.39. The van der Waals surface area contributed by atoms with E-state index in [4.69, 9.17) is 0 Å². The van der Waals surface area contributed by atoms with E-state index in [1.54, 1.807) is 0 Å². The van der Waals surface area contributed by atoms with Crippen LogP contribution in [0.25, 0.3) is 0 Å². The van der Waals surface area contributed by atoms with Crippen molar-refractivity contribution in [3.8, 4) is 0 Å². The Labute approximate surface area is 56.9 Å². The molecule has 0 radical (unpaired) electrons. The van der Waals surface area contributed by atoms with Crippen LogP contribution in [-0.2, 0) is 0 Å². The summed E-state index contributed by atoms with van der Waals surface area (Å²) < 4.78 is 2.00. The zero-order valence-corrected chi connectivity index (χ0v) is 6.10. The molecule has 4 heteroatoms. The summed E-state index contributed by atoms with van der Waals surface area (Å²) in [5.74, 6) is 0. The van der Waals surface area contributed by atoms with E-state index in [1.165, 1.54) is 6.42 Å². The first kappa shape index (κ1) is 5.74. The Kier molecular flexibility index (Phi) is 2.30. The van der Waals surface area contributed by atoms with Crippen LogP contribution in [-0.4, -0.2) is 16.3 Å². The Morgan fingerprint density at radius 2 is 2.43 bits per heavy atom. The molecule has 0 amide bonds. The summed E-state index contributed by atoms with van der Waals surface area (Å²) >= 11 is 2.22. The molecule has 1 rings (SSSR count). The quantitative estimate of drug-likeness (QED) is 0.439. The first-order valence-electron chi connectivity index (χ1n) is 2.31. The van der Waals surface area contributed by atoms with E-state index in [9.17, 15) is 0 Å². The van der Waals surface area contributed by atoms with Gasteiger partial charge in [0.15, 0.2) is 0 Å². The largest absolute Gasteiger partial charge is 0.243 e. The molecule has 0 saturated carbocycles. The maximum absolute atomic E-state index is 3.00. The summed E-state index contributed by atoms with van der Waals surface area (Å²) in [5, 5.41) is 0. The van der Waals surface area contributed by atoms with Crippen molar-refractivity contribution in [2.75, 3.05) is 13.1 Å². The molecule has 1 saturated heterocycles. The van der Waals surface area contributed by atoms with Crippen molar-refractivity contribution in [3.05, 3.63) is 0 Å². The highest BCUT2D eigenvalue weighted by Gasteiger charge is 2.01. The van der Waals surface area contributed by atoms with E-state index in [-0.39, 0.29) is 0 Å². The third kappa shape index (κ3) is 1.89. The molecule has 0 aromatic carbocycles. The number of nitrogens with one attached hydrogen (secondary N) is 2. The Hall–Kier alpha value is 0.610. The molecule has 3 nitrogen and oxygen atoms in total. The van der Waals surface area contributed by atoms with Gasteiger partial charge in [-0.15, -0.1) is 0 Å². The molecule has 0 unspecified atom stereocenters. The Balaban J connectivity index is 2.12. The van der Waals surface area contributed by atoms with Gasteiger partial charge in [0, 0.05) is 36.0 Å². The lowest BCUT2D eigenvalue weighted by Gasteiger charge is -2.21. The molecular weight excluding hydrogens is 205 g/mol. The highest BCUT2D eigenvalue weighted by molar-refractivity contribution is 14.1. The van der Waals surface area contributed by atoms with Crippen LogP contribution in [0, 0.1) is 0 Å². The van der Waals surface area contributed by atoms with Gasteiger partial charge in [-0.05, 0) is 6.42 Å². The minimum atomic E-state index is 1.08. The molecule has 0 bridgehead atoms. The zero-order chi connectivity index (χ0) is 5.11. The van der Waals surface area contributed by atoms with Gasteiger partial charge in [-0.25, -0.2) is 5.43 Å². The van der Waals surface area contributed by atoms with Crippen LogP contribution in [0.4, 0.5) is 0 Å². The van der Waals surface area contributed by atoms with Gasteiger partial charge in [0.1, 0.15) is 0 Å². The molecule has 42 valence electrons. The fourth-order valence-corrected chi connectivity index (χ4v) is 1.02. The first-order valence-corrected chi connectivity index (χ1v) is 3.28. The molecule has 1 fully saturated rings. The number of hydrazine groups is 2. The molecule has 1 aliphatic heterocycles. The number of halogens is 1. The molecule has 0 aromatic heterocycles. The van der Waals surface area contributed by atoms with Gasteiger partial charge in [0.25, 0.3) is 0 Å². The highest BCUT2D eigenvalue weighted by atomic mass is 127. The number of hydrogen-bond acceptors (Lipinski definition) is 3. The predicted molar refractivity (Wildman–Crippen MR) is 36.5 cm³/mol. The maximum Gasteiger partial charge on any atom is 0.0379 e. The number of hydrogen-bond donors (Lipinski definition) is 2. The maximum atomic E-state index is 3.00. The average molecular weight is 213 g/mol. The third-order valence-corrected chi connectivity index (χ3v) is 1.58. The van der Waals surface area contributed by atoms with E-state index in [0.717, 1.165) is 13.1 Å². The lowest BCUT2D eigenvalue weighted by Crippen LogP contribution is -2.47. The number of rotatable bonds is 0. The molecular formula is C3H8IN3. The molecule has 1 heterocycles. The average Bonchev–Trinajstić information content (AvgIpc) is 1.69. The second kappa shape index (κ2) is 2.81. The summed E-state index contributed by atoms with van der Waals surface area (Å²) in [7, 11) is 0. The molecule has 0 spiro atoms. The van der Waals surface area contributed by atoms with Crippen LogP contribution in [0.15, 0.2) is 0 Å². The molecule has 1 aliphatic rings. The van der Waals surface area contributed by atoms with Crippen LogP contribution in [0.3, 0.4) is 0 Å². The van der Waals surface area contributed by atoms with Crippen molar-refractivity contribution in [1.29, 1.82) is 0 Å². The molecule has 0 aliphatic carbocycles. The Morgan fingerprint density at radius 3 is 2.71 bits per heavy atom. The van der Waals surface area contributed by atoms with Crippen molar-refractivity contribution in [3.63, 3.8) is 0 Å². The summed E-state index contributed by atoms with van der Waals surface area (Å²) in [6, 6.07) is 0. The van der Waals surface area contributed by atoms with Gasteiger partial charge in [-0.2, -0.15) is 8.76 Å². The van der Waals surface area contributed by atoms with Gasteiger partial charge in [-0.3, -0.25) is 0 Å². The van der Waals surface area contributed by atoms with Crippen LogP contribution in [0.5, 0.6) is 0 Å². The van der Waals surface area contributed by atoms with E-state index in [1.807, 2.05) is 3.22 Å². The zero-order valence-electron chi connectivity index (χ0n) is 3.95. The SMILES string of the molecule is IN1CCCNN1. The summed E-state index contributed by atoms with van der Waals surface area (Å²) in [4.78, 5) is 0. The molecule has 0 atom stereocenters. The second-order valence-electron chi connectivity index (χ2n) is 1.48. The van der Waals surface area contributed by atoms with Gasteiger partial charge in [0.2, 0.25) is 0 Å². The van der Waals surface area contributed by atoms with Crippen LogP contribution >= 0.6 is 22.9 Å². The smallest absolute Gasteiger partial charge is 0.0379 e. The monoisotopic (exact) mass is 213 g/mol. The third-order valence-electron chi connectivity index (χ3n) is 0.857. The van der Waals surface area contributed by atoms with E-state index >= 15 is 0 Å². The van der Waals surface area contributed by atoms with Crippen LogP contribution < -0.4 is 11.0 Å². The minimum absolute atomic E-state index is 1.08. The van der Waals surface area contributed by atoms with Crippen molar-refractivity contribution in [2.45, 2.75) is 6.42 Å². The van der Waals surface area contributed by atoms with Gasteiger partial charge in [-0.1, -0.05) is 0 Å². The van der Waals surface area contributed by atoms with E-state index < -0.39 is 0 Å². The van der Waals surface area contributed by atoms with Crippen LogP contribution in [0.2, 0.25) is 0 Å². The fourth-order valence-electron chi connectivity index (χ4n) is 0.504. The second-order valence-corrected chi connectivity index (χ2v) is 2.64.